The zero-order valence-electron chi connectivity index (χ0n) is 30.5. The zero-order valence-corrected chi connectivity index (χ0v) is 30.5. The first-order chi connectivity index (χ1) is 23.0. The number of fused-ring (bicyclic) bond motifs is 1. The number of aromatic nitrogens is 1. The van der Waals surface area contributed by atoms with Crippen molar-refractivity contribution in [3.8, 4) is 0 Å². The number of esters is 1. The van der Waals surface area contributed by atoms with Gasteiger partial charge in [-0.25, -0.2) is 9.59 Å². The number of nitrogens with one attached hydrogen (secondary N) is 4. The number of Topliss-reactive ketones (excluding diaryl/α,β-unsaturated/α-hetero) is 1. The third-order valence-corrected chi connectivity index (χ3v) is 7.75. The number of hydrogen-bond acceptors (Lipinski definition) is 9. The van der Waals surface area contributed by atoms with Crippen molar-refractivity contribution >= 4 is 52.3 Å². The van der Waals surface area contributed by atoms with Gasteiger partial charge in [-0.2, -0.15) is 0 Å². The van der Waals surface area contributed by atoms with E-state index in [4.69, 9.17) is 15.2 Å². The molecule has 14 nitrogen and oxygen atoms in total. The lowest BCUT2D eigenvalue weighted by molar-refractivity contribution is -0.150. The molecule has 0 bridgehead atoms. The Hall–Kier alpha value is -5.01. The molecule has 0 aliphatic heterocycles. The Morgan fingerprint density at radius 3 is 2.06 bits per heavy atom. The number of H-pyrrole nitrogens is 1. The summed E-state index contributed by atoms with van der Waals surface area (Å²) in [5.41, 5.74) is 5.19. The minimum Gasteiger partial charge on any atom is -0.467 e. The number of ketones is 2. The molecule has 6 N–H and O–H groups in total. The number of ether oxygens (including phenoxy) is 2. The highest BCUT2D eigenvalue weighted by atomic mass is 16.6. The SMILES string of the molecule is COC(=O)[C@@H](NC(=O)[C@H](CC(N)=O)NC(=O)/C(=C\C(=O)[C@H](Cc1c[nH]c2ccccc12)NC(=O)OC(C)(C)C)C(C)C)C(C)C(=O)C(C)(C)C. The number of para-hydroxylation sites is 1. The molecule has 4 atom stereocenters. The summed E-state index contributed by atoms with van der Waals surface area (Å²) in [6, 6.07) is 3.27. The average molecular weight is 698 g/mol. The summed E-state index contributed by atoms with van der Waals surface area (Å²) < 4.78 is 10.2. The fraction of sp³-hybridized carbons (Fsp3) is 0.528. The van der Waals surface area contributed by atoms with Gasteiger partial charge in [0.05, 0.1) is 19.6 Å². The standard InChI is InChI=1S/C36H51N5O9/c1-19(2)23(16-27(42)25(40-34(48)50-36(7,8)9)15-21-18-38-24-14-12-11-13-22(21)24)31(45)39-26(17-28(37)43)32(46)41-29(33(47)49-10)20(3)30(44)35(4,5)6/h11-14,16,18-20,25-26,29,38H,15,17H2,1-10H3,(H2,37,43)(H,39,45)(H,40,48)(H,41,46)/b23-16-/t20?,25-,26-,29-/m0/s1. The highest BCUT2D eigenvalue weighted by Gasteiger charge is 2.39. The maximum atomic E-state index is 13.8. The number of nitrogens with two attached hydrogens (primary N) is 1. The Morgan fingerprint density at radius 2 is 1.52 bits per heavy atom. The third kappa shape index (κ3) is 11.8. The number of amides is 4. The number of carbonyl (C=O) groups is 7. The van der Waals surface area contributed by atoms with E-state index in [0.29, 0.717) is 0 Å². The number of methoxy groups -OCH3 is 1. The number of alkyl carbamates (subject to hydrolysis) is 1. The van der Waals surface area contributed by atoms with Crippen molar-refractivity contribution in [2.75, 3.05) is 7.11 Å². The minimum atomic E-state index is -1.58. The van der Waals surface area contributed by atoms with Crippen molar-refractivity contribution in [3.63, 3.8) is 0 Å². The molecule has 2 aromatic rings. The van der Waals surface area contributed by atoms with E-state index >= 15 is 0 Å². The van der Waals surface area contributed by atoms with Gasteiger partial charge in [-0.3, -0.25) is 24.0 Å². The van der Waals surface area contributed by atoms with Crippen LogP contribution in [0.15, 0.2) is 42.1 Å². The summed E-state index contributed by atoms with van der Waals surface area (Å²) in [6.45, 7) is 14.8. The molecule has 1 unspecified atom stereocenters. The van der Waals surface area contributed by atoms with Gasteiger partial charge in [-0.05, 0) is 44.4 Å². The first-order valence-corrected chi connectivity index (χ1v) is 16.4. The minimum absolute atomic E-state index is 0.0542. The van der Waals surface area contributed by atoms with Crippen LogP contribution in [0.25, 0.3) is 10.9 Å². The molecule has 1 heterocycles. The van der Waals surface area contributed by atoms with Gasteiger partial charge in [0.1, 0.15) is 23.5 Å². The highest BCUT2D eigenvalue weighted by molar-refractivity contribution is 6.06. The number of hydrogen-bond donors (Lipinski definition) is 5. The van der Waals surface area contributed by atoms with E-state index in [2.05, 4.69) is 20.9 Å². The molecule has 274 valence electrons. The summed E-state index contributed by atoms with van der Waals surface area (Å²) in [5.74, 6) is -6.24. The average Bonchev–Trinajstić information content (AvgIpc) is 3.41. The predicted octanol–water partition coefficient (Wildman–Crippen LogP) is 3.02. The molecular formula is C36H51N5O9. The van der Waals surface area contributed by atoms with Crippen LogP contribution in [-0.4, -0.2) is 77.2 Å². The van der Waals surface area contributed by atoms with Crippen LogP contribution in [0.5, 0.6) is 0 Å². The summed E-state index contributed by atoms with van der Waals surface area (Å²) in [5, 5.41) is 8.33. The van der Waals surface area contributed by atoms with Crippen LogP contribution < -0.4 is 21.7 Å². The van der Waals surface area contributed by atoms with Crippen molar-refractivity contribution in [3.05, 3.63) is 47.7 Å². The van der Waals surface area contributed by atoms with Crippen molar-refractivity contribution in [1.82, 2.24) is 20.9 Å². The highest BCUT2D eigenvalue weighted by Crippen LogP contribution is 2.23. The van der Waals surface area contributed by atoms with E-state index in [1.807, 2.05) is 24.3 Å². The molecule has 1 aromatic heterocycles. The normalized spacial score (nSPS) is 14.6. The van der Waals surface area contributed by atoms with Crippen LogP contribution in [0.2, 0.25) is 0 Å². The second kappa shape index (κ2) is 17.1. The molecule has 2 rings (SSSR count). The summed E-state index contributed by atoms with van der Waals surface area (Å²) in [6.07, 6.45) is 1.37. The molecule has 50 heavy (non-hydrogen) atoms. The van der Waals surface area contributed by atoms with Gasteiger partial charge < -0.3 is 36.1 Å². The molecule has 0 spiro atoms. The largest absolute Gasteiger partial charge is 0.467 e. The Balaban J connectivity index is 2.44. The summed E-state index contributed by atoms with van der Waals surface area (Å²) >= 11 is 0. The molecule has 1 aromatic carbocycles. The van der Waals surface area contributed by atoms with Gasteiger partial charge in [0.15, 0.2) is 5.78 Å². The van der Waals surface area contributed by atoms with Crippen LogP contribution in [0.3, 0.4) is 0 Å². The molecule has 0 fully saturated rings. The van der Waals surface area contributed by atoms with E-state index in [1.165, 1.54) is 6.92 Å². The maximum Gasteiger partial charge on any atom is 0.408 e. The Labute approximate surface area is 292 Å². The number of benzene rings is 1. The van der Waals surface area contributed by atoms with Gasteiger partial charge in [-0.1, -0.05) is 59.7 Å². The molecular weight excluding hydrogens is 646 g/mol. The van der Waals surface area contributed by atoms with Crippen LogP contribution in [0, 0.1) is 17.3 Å². The van der Waals surface area contributed by atoms with Crippen molar-refractivity contribution in [1.29, 1.82) is 0 Å². The second-order valence-electron chi connectivity index (χ2n) is 14.5. The van der Waals surface area contributed by atoms with Crippen LogP contribution in [-0.2, 0) is 44.7 Å². The first kappa shape index (κ1) is 41.2. The Morgan fingerprint density at radius 1 is 0.900 bits per heavy atom. The number of primary amides is 1. The molecule has 14 heteroatoms. The molecule has 0 aliphatic rings. The van der Waals surface area contributed by atoms with Crippen LogP contribution in [0.1, 0.15) is 74.3 Å². The van der Waals surface area contributed by atoms with Gasteiger partial charge in [0, 0.05) is 40.4 Å². The Kier molecular flexibility index (Phi) is 14.1. The van der Waals surface area contributed by atoms with E-state index in [1.54, 1.807) is 61.6 Å². The predicted molar refractivity (Wildman–Crippen MR) is 186 cm³/mol. The molecule has 0 saturated heterocycles. The van der Waals surface area contributed by atoms with Crippen molar-refractivity contribution in [2.45, 2.75) is 98.9 Å². The topological polar surface area (TPSA) is 216 Å². The van der Waals surface area contributed by atoms with Gasteiger partial charge in [-0.15, -0.1) is 0 Å². The number of carbonyl (C=O) groups excluding carboxylic acids is 7. The monoisotopic (exact) mass is 697 g/mol. The van der Waals surface area contributed by atoms with Gasteiger partial charge in [0.25, 0.3) is 0 Å². The van der Waals surface area contributed by atoms with Gasteiger partial charge >= 0.3 is 12.1 Å². The lowest BCUT2D eigenvalue weighted by Gasteiger charge is -2.29. The van der Waals surface area contributed by atoms with Crippen molar-refractivity contribution < 1.29 is 43.0 Å². The quantitative estimate of drug-likeness (QED) is 0.136. The van der Waals surface area contributed by atoms with E-state index in [-0.39, 0.29) is 17.8 Å². The van der Waals surface area contributed by atoms with E-state index < -0.39 is 83.0 Å². The van der Waals surface area contributed by atoms with Crippen molar-refractivity contribution in [2.24, 2.45) is 23.0 Å². The summed E-state index contributed by atoms with van der Waals surface area (Å²) in [7, 11) is 1.10. The lowest BCUT2D eigenvalue weighted by atomic mass is 9.80. The molecule has 0 saturated carbocycles. The van der Waals surface area contributed by atoms with Gasteiger partial charge in [0.2, 0.25) is 17.7 Å². The van der Waals surface area contributed by atoms with E-state index in [9.17, 15) is 33.6 Å². The molecule has 4 amide bonds. The number of rotatable bonds is 15. The van der Waals surface area contributed by atoms with E-state index in [0.717, 1.165) is 29.7 Å². The third-order valence-electron chi connectivity index (χ3n) is 7.75. The Bertz CT molecular complexity index is 1630. The zero-order chi connectivity index (χ0) is 38.1. The first-order valence-electron chi connectivity index (χ1n) is 16.4. The lowest BCUT2D eigenvalue weighted by Crippen LogP contribution is -2.56. The fourth-order valence-corrected chi connectivity index (χ4v) is 5.20. The smallest absolute Gasteiger partial charge is 0.408 e. The second-order valence-corrected chi connectivity index (χ2v) is 14.5. The molecule has 0 aliphatic carbocycles. The maximum absolute atomic E-state index is 13.8. The summed E-state index contributed by atoms with van der Waals surface area (Å²) in [4.78, 5) is 94.5. The molecule has 0 radical (unpaired) electrons. The fourth-order valence-electron chi connectivity index (χ4n) is 5.20. The number of aromatic amines is 1. The van der Waals surface area contributed by atoms with Crippen LogP contribution in [0.4, 0.5) is 4.79 Å². The van der Waals surface area contributed by atoms with Crippen LogP contribution >= 0.6 is 0 Å².